The quantitative estimate of drug-likeness (QED) is 0.848. The van der Waals surface area contributed by atoms with Gasteiger partial charge in [-0.3, -0.25) is 0 Å². The Bertz CT molecular complexity index is 484. The lowest BCUT2D eigenvalue weighted by Crippen LogP contribution is -2.33. The number of hydrogen-bond acceptors (Lipinski definition) is 4. The van der Waals surface area contributed by atoms with Crippen molar-refractivity contribution in [2.45, 2.75) is 37.1 Å². The normalized spacial score (nSPS) is 25.0. The zero-order valence-electron chi connectivity index (χ0n) is 9.76. The van der Waals surface area contributed by atoms with Crippen molar-refractivity contribution in [2.24, 2.45) is 5.92 Å². The number of anilines is 1. The van der Waals surface area contributed by atoms with E-state index in [0.29, 0.717) is 11.7 Å². The lowest BCUT2D eigenvalue weighted by Gasteiger charge is -2.12. The van der Waals surface area contributed by atoms with E-state index in [4.69, 9.17) is 5.73 Å². The van der Waals surface area contributed by atoms with Gasteiger partial charge in [-0.25, -0.2) is 18.1 Å². The molecule has 0 amide bonds. The van der Waals surface area contributed by atoms with Gasteiger partial charge in [0.2, 0.25) is 10.0 Å². The Balaban J connectivity index is 2.11. The zero-order chi connectivity index (χ0) is 12.5. The number of nitrogen functional groups attached to an aromatic ring is 1. The molecule has 1 aromatic heterocycles. The maximum absolute atomic E-state index is 12.0. The van der Waals surface area contributed by atoms with E-state index >= 15 is 0 Å². The van der Waals surface area contributed by atoms with E-state index in [1.54, 1.807) is 0 Å². The fourth-order valence-electron chi connectivity index (χ4n) is 2.15. The molecule has 1 saturated carbocycles. The standard InChI is InChI=1S/C11H17N3O2S/c1-8-2-3-9(6-8)14-17(15,16)10-4-5-11(12)13-7-10/h4-5,7-9,14H,2-3,6H2,1H3,(H2,12,13). The first-order valence-corrected chi connectivity index (χ1v) is 7.19. The van der Waals surface area contributed by atoms with Gasteiger partial charge < -0.3 is 5.73 Å². The molecule has 3 N–H and O–H groups in total. The highest BCUT2D eigenvalue weighted by Crippen LogP contribution is 2.25. The first-order chi connectivity index (χ1) is 7.97. The third-order valence-corrected chi connectivity index (χ3v) is 4.59. The molecule has 0 aliphatic heterocycles. The zero-order valence-corrected chi connectivity index (χ0v) is 10.6. The van der Waals surface area contributed by atoms with Gasteiger partial charge in [-0.15, -0.1) is 0 Å². The van der Waals surface area contributed by atoms with Gasteiger partial charge in [0.1, 0.15) is 10.7 Å². The number of nitrogens with zero attached hydrogens (tertiary/aromatic N) is 1. The van der Waals surface area contributed by atoms with Gasteiger partial charge in [0.25, 0.3) is 0 Å². The Morgan fingerprint density at radius 2 is 2.18 bits per heavy atom. The highest BCUT2D eigenvalue weighted by Gasteiger charge is 2.26. The van der Waals surface area contributed by atoms with Crippen molar-refractivity contribution in [3.8, 4) is 0 Å². The highest BCUT2D eigenvalue weighted by atomic mass is 32.2. The van der Waals surface area contributed by atoms with E-state index in [1.807, 2.05) is 0 Å². The third-order valence-electron chi connectivity index (χ3n) is 3.09. The largest absolute Gasteiger partial charge is 0.384 e. The SMILES string of the molecule is CC1CCC(NS(=O)(=O)c2ccc(N)nc2)C1. The van der Waals surface area contributed by atoms with E-state index in [9.17, 15) is 8.42 Å². The number of nitrogens with one attached hydrogen (secondary N) is 1. The summed E-state index contributed by atoms with van der Waals surface area (Å²) in [5.41, 5.74) is 5.43. The summed E-state index contributed by atoms with van der Waals surface area (Å²) in [5.74, 6) is 0.908. The molecule has 1 fully saturated rings. The summed E-state index contributed by atoms with van der Waals surface area (Å²) >= 11 is 0. The molecular weight excluding hydrogens is 238 g/mol. The topological polar surface area (TPSA) is 85.1 Å². The van der Waals surface area contributed by atoms with Crippen LogP contribution in [-0.2, 0) is 10.0 Å². The first kappa shape index (κ1) is 12.3. The van der Waals surface area contributed by atoms with Crippen LogP contribution in [0.25, 0.3) is 0 Å². The number of sulfonamides is 1. The second-order valence-corrected chi connectivity index (χ2v) is 6.37. The van der Waals surface area contributed by atoms with Crippen molar-refractivity contribution in [3.63, 3.8) is 0 Å². The summed E-state index contributed by atoms with van der Waals surface area (Å²) in [4.78, 5) is 3.97. The van der Waals surface area contributed by atoms with E-state index < -0.39 is 10.0 Å². The van der Waals surface area contributed by atoms with Crippen LogP contribution in [0.15, 0.2) is 23.2 Å². The molecule has 1 heterocycles. The predicted molar refractivity (Wildman–Crippen MR) is 65.8 cm³/mol. The van der Waals surface area contributed by atoms with Crippen LogP contribution in [0, 0.1) is 5.92 Å². The summed E-state index contributed by atoms with van der Waals surface area (Å²) in [6.45, 7) is 2.14. The first-order valence-electron chi connectivity index (χ1n) is 5.71. The predicted octanol–water partition coefficient (Wildman–Crippen LogP) is 1.13. The number of rotatable bonds is 3. The molecule has 94 valence electrons. The minimum absolute atomic E-state index is 0.0487. The van der Waals surface area contributed by atoms with E-state index in [0.717, 1.165) is 19.3 Å². The Hall–Kier alpha value is -1.14. The van der Waals surface area contributed by atoms with Crippen LogP contribution >= 0.6 is 0 Å². The van der Waals surface area contributed by atoms with Gasteiger partial charge in [-0.2, -0.15) is 0 Å². The van der Waals surface area contributed by atoms with E-state index in [1.165, 1.54) is 18.3 Å². The van der Waals surface area contributed by atoms with Crippen LogP contribution in [-0.4, -0.2) is 19.4 Å². The van der Waals surface area contributed by atoms with Crippen molar-refractivity contribution in [1.82, 2.24) is 9.71 Å². The lowest BCUT2D eigenvalue weighted by atomic mass is 10.1. The molecule has 0 saturated heterocycles. The Morgan fingerprint density at radius 1 is 1.41 bits per heavy atom. The third kappa shape index (κ3) is 2.95. The minimum atomic E-state index is -3.45. The van der Waals surface area contributed by atoms with Crippen molar-refractivity contribution < 1.29 is 8.42 Å². The molecular formula is C11H17N3O2S. The molecule has 0 aromatic carbocycles. The summed E-state index contributed by atoms with van der Waals surface area (Å²) in [6, 6.07) is 3.02. The molecule has 6 heteroatoms. The molecule has 1 aromatic rings. The molecule has 2 rings (SSSR count). The van der Waals surface area contributed by atoms with Crippen molar-refractivity contribution in [3.05, 3.63) is 18.3 Å². The fourth-order valence-corrected chi connectivity index (χ4v) is 3.38. The second-order valence-electron chi connectivity index (χ2n) is 4.66. The Labute approximate surface area is 101 Å². The summed E-state index contributed by atoms with van der Waals surface area (Å²) < 4.78 is 26.7. The van der Waals surface area contributed by atoms with Crippen LogP contribution in [0.1, 0.15) is 26.2 Å². The Morgan fingerprint density at radius 3 is 2.71 bits per heavy atom. The number of aromatic nitrogens is 1. The molecule has 0 bridgehead atoms. The van der Waals surface area contributed by atoms with Gasteiger partial charge in [-0.05, 0) is 37.3 Å². The van der Waals surface area contributed by atoms with Crippen molar-refractivity contribution in [1.29, 1.82) is 0 Å². The molecule has 0 radical (unpaired) electrons. The Kier molecular flexibility index (Phi) is 3.35. The molecule has 2 unspecified atom stereocenters. The second kappa shape index (κ2) is 4.62. The van der Waals surface area contributed by atoms with Crippen LogP contribution in [0.2, 0.25) is 0 Å². The van der Waals surface area contributed by atoms with E-state index in [-0.39, 0.29) is 10.9 Å². The van der Waals surface area contributed by atoms with Gasteiger partial charge >= 0.3 is 0 Å². The maximum Gasteiger partial charge on any atom is 0.242 e. The average Bonchev–Trinajstić information content (AvgIpc) is 2.63. The van der Waals surface area contributed by atoms with Crippen LogP contribution in [0.4, 0.5) is 5.82 Å². The summed E-state index contributed by atoms with van der Waals surface area (Å²) in [6.07, 6.45) is 4.17. The average molecular weight is 255 g/mol. The van der Waals surface area contributed by atoms with Crippen LogP contribution in [0.3, 0.4) is 0 Å². The number of nitrogens with two attached hydrogens (primary N) is 1. The lowest BCUT2D eigenvalue weighted by molar-refractivity contribution is 0.538. The van der Waals surface area contributed by atoms with Crippen LogP contribution in [0.5, 0.6) is 0 Å². The maximum atomic E-state index is 12.0. The minimum Gasteiger partial charge on any atom is -0.384 e. The number of pyridine rings is 1. The van der Waals surface area contributed by atoms with Gasteiger partial charge in [-0.1, -0.05) is 6.92 Å². The monoisotopic (exact) mass is 255 g/mol. The molecule has 1 aliphatic rings. The smallest absolute Gasteiger partial charge is 0.242 e. The van der Waals surface area contributed by atoms with Crippen molar-refractivity contribution >= 4 is 15.8 Å². The molecule has 0 spiro atoms. The molecule has 5 nitrogen and oxygen atoms in total. The molecule has 17 heavy (non-hydrogen) atoms. The molecule has 1 aliphatic carbocycles. The summed E-state index contributed by atoms with van der Waals surface area (Å²) in [5, 5.41) is 0. The van der Waals surface area contributed by atoms with Gasteiger partial charge in [0.15, 0.2) is 0 Å². The van der Waals surface area contributed by atoms with Gasteiger partial charge in [0, 0.05) is 12.2 Å². The molecule has 2 atom stereocenters. The highest BCUT2D eigenvalue weighted by molar-refractivity contribution is 7.89. The van der Waals surface area contributed by atoms with E-state index in [2.05, 4.69) is 16.6 Å². The van der Waals surface area contributed by atoms with Gasteiger partial charge in [0.05, 0.1) is 0 Å². The van der Waals surface area contributed by atoms with Crippen molar-refractivity contribution in [2.75, 3.05) is 5.73 Å². The number of hydrogen-bond donors (Lipinski definition) is 2. The fraction of sp³-hybridized carbons (Fsp3) is 0.545. The summed E-state index contributed by atoms with van der Waals surface area (Å²) in [7, 11) is -3.45. The van der Waals surface area contributed by atoms with Crippen LogP contribution < -0.4 is 10.5 Å².